The summed E-state index contributed by atoms with van der Waals surface area (Å²) in [6.45, 7) is 0.728. The average Bonchev–Trinajstić information content (AvgIpc) is 2.55. The minimum absolute atomic E-state index is 0.559. The van der Waals surface area contributed by atoms with Crippen LogP contribution in [-0.4, -0.2) is 30.6 Å². The van der Waals surface area contributed by atoms with Crippen molar-refractivity contribution in [2.24, 2.45) is 5.92 Å². The van der Waals surface area contributed by atoms with Crippen LogP contribution in [0.2, 0.25) is 0 Å². The first-order valence-corrected chi connectivity index (χ1v) is 7.71. The van der Waals surface area contributed by atoms with Crippen molar-refractivity contribution in [2.75, 3.05) is 20.6 Å². The minimum Gasteiger partial charge on any atom is -0.457 e. The number of para-hydroxylation sites is 2. The van der Waals surface area contributed by atoms with E-state index in [1.807, 2.05) is 67.5 Å². The third-order valence-electron chi connectivity index (χ3n) is 4.34. The molecule has 2 aromatic carbocycles. The van der Waals surface area contributed by atoms with Crippen LogP contribution in [-0.2, 0) is 5.60 Å². The highest BCUT2D eigenvalue weighted by molar-refractivity contribution is 5.56. The highest BCUT2D eigenvalue weighted by Crippen LogP contribution is 2.50. The lowest BCUT2D eigenvalue weighted by Crippen LogP contribution is -2.39. The van der Waals surface area contributed by atoms with E-state index in [1.54, 1.807) is 0 Å². The van der Waals surface area contributed by atoms with E-state index >= 15 is 0 Å². The number of nitriles is 1. The number of hydrogen-bond donors (Lipinski definition) is 1. The zero-order valence-corrected chi connectivity index (χ0v) is 13.4. The van der Waals surface area contributed by atoms with Crippen LogP contribution in [0.15, 0.2) is 48.5 Å². The predicted octanol–water partition coefficient (Wildman–Crippen LogP) is 3.12. The molecule has 4 nitrogen and oxygen atoms in total. The lowest BCUT2D eigenvalue weighted by molar-refractivity contribution is 0.0243. The molecule has 0 saturated carbocycles. The van der Waals surface area contributed by atoms with Gasteiger partial charge in [-0.3, -0.25) is 0 Å². The quantitative estimate of drug-likeness (QED) is 0.943. The molecule has 3 rings (SSSR count). The first-order valence-electron chi connectivity index (χ1n) is 7.71. The van der Waals surface area contributed by atoms with E-state index in [-0.39, 0.29) is 0 Å². The van der Waals surface area contributed by atoms with Crippen molar-refractivity contribution < 1.29 is 9.84 Å². The Labute approximate surface area is 136 Å². The van der Waals surface area contributed by atoms with Gasteiger partial charge in [0.15, 0.2) is 0 Å². The van der Waals surface area contributed by atoms with E-state index in [4.69, 9.17) is 4.74 Å². The third kappa shape index (κ3) is 2.59. The Hall–Kier alpha value is -2.35. The molecule has 118 valence electrons. The van der Waals surface area contributed by atoms with Crippen molar-refractivity contribution in [3.05, 3.63) is 59.7 Å². The molecule has 0 amide bonds. The van der Waals surface area contributed by atoms with Crippen molar-refractivity contribution in [3.63, 3.8) is 0 Å². The minimum atomic E-state index is -1.36. The van der Waals surface area contributed by atoms with Crippen LogP contribution < -0.4 is 4.74 Å². The molecule has 2 aromatic rings. The summed E-state index contributed by atoms with van der Waals surface area (Å²) >= 11 is 0. The molecule has 0 aliphatic carbocycles. The third-order valence-corrected chi connectivity index (χ3v) is 4.34. The maximum Gasteiger partial charge on any atom is 0.138 e. The van der Waals surface area contributed by atoms with Gasteiger partial charge in [0.05, 0.1) is 12.0 Å². The largest absolute Gasteiger partial charge is 0.457 e. The number of ether oxygens (including phenoxy) is 1. The Morgan fingerprint density at radius 1 is 1.09 bits per heavy atom. The molecule has 1 atom stereocenters. The first kappa shape index (κ1) is 15.5. The van der Waals surface area contributed by atoms with Crippen LogP contribution in [0.1, 0.15) is 17.5 Å². The first-order chi connectivity index (χ1) is 11.1. The zero-order chi connectivity index (χ0) is 16.4. The maximum atomic E-state index is 11.6. The van der Waals surface area contributed by atoms with Gasteiger partial charge in [-0.2, -0.15) is 5.26 Å². The Morgan fingerprint density at radius 2 is 1.61 bits per heavy atom. The van der Waals surface area contributed by atoms with E-state index in [2.05, 4.69) is 6.07 Å². The number of benzene rings is 2. The number of nitrogens with zero attached hydrogens (tertiary/aromatic N) is 2. The Kier molecular flexibility index (Phi) is 4.08. The van der Waals surface area contributed by atoms with Crippen LogP contribution in [0.3, 0.4) is 0 Å². The van der Waals surface area contributed by atoms with E-state index in [9.17, 15) is 10.4 Å². The van der Waals surface area contributed by atoms with Crippen molar-refractivity contribution in [1.29, 1.82) is 5.26 Å². The Balaban J connectivity index is 2.14. The van der Waals surface area contributed by atoms with E-state index in [0.29, 0.717) is 29.0 Å². The second-order valence-electron chi connectivity index (χ2n) is 6.13. The van der Waals surface area contributed by atoms with Crippen molar-refractivity contribution in [1.82, 2.24) is 4.90 Å². The van der Waals surface area contributed by atoms with Gasteiger partial charge in [0, 0.05) is 11.1 Å². The van der Waals surface area contributed by atoms with E-state index < -0.39 is 11.5 Å². The highest BCUT2D eigenvalue weighted by Gasteiger charge is 2.46. The second kappa shape index (κ2) is 6.04. The number of fused-ring (bicyclic) bond motifs is 2. The van der Waals surface area contributed by atoms with Crippen molar-refractivity contribution >= 4 is 0 Å². The molecule has 4 heteroatoms. The molecule has 23 heavy (non-hydrogen) atoms. The summed E-state index contributed by atoms with van der Waals surface area (Å²) in [6.07, 6.45) is 0.572. The maximum absolute atomic E-state index is 11.6. The van der Waals surface area contributed by atoms with Crippen LogP contribution >= 0.6 is 0 Å². The summed E-state index contributed by atoms with van der Waals surface area (Å²) in [5.41, 5.74) is -0.0519. The molecule has 0 spiro atoms. The molecule has 0 aromatic heterocycles. The zero-order valence-electron chi connectivity index (χ0n) is 13.4. The van der Waals surface area contributed by atoms with Gasteiger partial charge in [0.2, 0.25) is 0 Å². The summed E-state index contributed by atoms with van der Waals surface area (Å²) in [6, 6.07) is 17.1. The van der Waals surface area contributed by atoms with Crippen LogP contribution in [0.4, 0.5) is 0 Å². The summed E-state index contributed by atoms with van der Waals surface area (Å²) < 4.78 is 5.91. The summed E-state index contributed by atoms with van der Waals surface area (Å²) in [5.74, 6) is 0.661. The van der Waals surface area contributed by atoms with Gasteiger partial charge >= 0.3 is 0 Å². The standard InChI is InChI=1S/C19H20N2O2/c1-21(2)12-11-14(13-20)19(22)15-7-3-5-9-17(15)23-18-10-6-4-8-16(18)19/h3-10,14,22H,11-12H2,1-2H3. The lowest BCUT2D eigenvalue weighted by Gasteiger charge is -2.39. The molecule has 0 radical (unpaired) electrons. The number of hydrogen-bond acceptors (Lipinski definition) is 4. The van der Waals surface area contributed by atoms with Gasteiger partial charge in [-0.1, -0.05) is 36.4 Å². The van der Waals surface area contributed by atoms with E-state index in [0.717, 1.165) is 6.54 Å². The van der Waals surface area contributed by atoms with Crippen LogP contribution in [0.25, 0.3) is 0 Å². The topological polar surface area (TPSA) is 56.5 Å². The molecule has 0 fully saturated rings. The summed E-state index contributed by atoms with van der Waals surface area (Å²) in [5, 5.41) is 21.4. The molecule has 1 aliphatic heterocycles. The molecule has 0 bridgehead atoms. The molecule has 1 N–H and O–H groups in total. The Bertz CT molecular complexity index is 704. The number of aliphatic hydroxyl groups is 1. The molecule has 0 saturated heterocycles. The van der Waals surface area contributed by atoms with E-state index in [1.165, 1.54) is 0 Å². The fourth-order valence-corrected chi connectivity index (χ4v) is 3.13. The SMILES string of the molecule is CN(C)CCC(C#N)C1(O)c2ccccc2Oc2ccccc21. The molecular formula is C19H20N2O2. The van der Waals surface area contributed by atoms with Crippen LogP contribution in [0, 0.1) is 17.2 Å². The van der Waals surface area contributed by atoms with Gasteiger partial charge in [-0.25, -0.2) is 0 Å². The highest BCUT2D eigenvalue weighted by atomic mass is 16.5. The van der Waals surface area contributed by atoms with Gasteiger partial charge in [0.1, 0.15) is 17.1 Å². The summed E-state index contributed by atoms with van der Waals surface area (Å²) in [4.78, 5) is 2.02. The van der Waals surface area contributed by atoms with Gasteiger partial charge in [-0.05, 0) is 39.2 Å². The fraction of sp³-hybridized carbons (Fsp3) is 0.316. The second-order valence-corrected chi connectivity index (χ2v) is 6.13. The van der Waals surface area contributed by atoms with Crippen molar-refractivity contribution in [3.8, 4) is 17.6 Å². The number of rotatable bonds is 4. The smallest absolute Gasteiger partial charge is 0.138 e. The molecular weight excluding hydrogens is 288 g/mol. The molecule has 1 heterocycles. The summed E-state index contributed by atoms with van der Waals surface area (Å²) in [7, 11) is 3.93. The van der Waals surface area contributed by atoms with Crippen molar-refractivity contribution in [2.45, 2.75) is 12.0 Å². The van der Waals surface area contributed by atoms with Gasteiger partial charge < -0.3 is 14.7 Å². The molecule has 1 aliphatic rings. The average molecular weight is 308 g/mol. The monoisotopic (exact) mass is 308 g/mol. The fourth-order valence-electron chi connectivity index (χ4n) is 3.13. The van der Waals surface area contributed by atoms with Crippen LogP contribution in [0.5, 0.6) is 11.5 Å². The van der Waals surface area contributed by atoms with Gasteiger partial charge in [0.25, 0.3) is 0 Å². The molecule has 1 unspecified atom stereocenters. The Morgan fingerprint density at radius 3 is 2.09 bits per heavy atom. The van der Waals surface area contributed by atoms with Gasteiger partial charge in [-0.15, -0.1) is 0 Å². The lowest BCUT2D eigenvalue weighted by atomic mass is 9.73. The normalized spacial score (nSPS) is 16.0. The predicted molar refractivity (Wildman–Crippen MR) is 88.2 cm³/mol.